The molecule has 0 spiro atoms. The van der Waals surface area contributed by atoms with Crippen LogP contribution in [0.3, 0.4) is 0 Å². The number of hydrogen-bond donors (Lipinski definition) is 2. The number of carbonyl (C=O) groups excluding carboxylic acids is 2. The molecule has 0 aromatic heterocycles. The summed E-state index contributed by atoms with van der Waals surface area (Å²) < 4.78 is 0. The zero-order valence-corrected chi connectivity index (χ0v) is 17.2. The fourth-order valence-electron chi connectivity index (χ4n) is 3.67. The maximum Gasteiger partial charge on any atom is 0.242 e. The topological polar surface area (TPSA) is 78.7 Å². The third-order valence-electron chi connectivity index (χ3n) is 5.32. The molecule has 1 aliphatic heterocycles. The van der Waals surface area contributed by atoms with Crippen LogP contribution < -0.4 is 11.1 Å². The second kappa shape index (κ2) is 10.9. The first-order valence-electron chi connectivity index (χ1n) is 9.18. The van der Waals surface area contributed by atoms with E-state index in [9.17, 15) is 9.59 Å². The molecule has 3 N–H and O–H groups in total. The van der Waals surface area contributed by atoms with Gasteiger partial charge in [-0.3, -0.25) is 14.5 Å². The molecule has 1 heterocycles. The van der Waals surface area contributed by atoms with Crippen LogP contribution in [0.1, 0.15) is 31.2 Å². The normalized spacial score (nSPS) is 18.9. The van der Waals surface area contributed by atoms with Gasteiger partial charge in [-0.2, -0.15) is 0 Å². The Labute approximate surface area is 173 Å². The van der Waals surface area contributed by atoms with Gasteiger partial charge in [0.25, 0.3) is 0 Å². The van der Waals surface area contributed by atoms with Crippen LogP contribution >= 0.6 is 24.8 Å². The molecule has 0 atom stereocenters. The molecule has 0 radical (unpaired) electrons. The third kappa shape index (κ3) is 6.35. The first kappa shape index (κ1) is 23.7. The van der Waals surface area contributed by atoms with Gasteiger partial charge in [-0.05, 0) is 18.4 Å². The first-order chi connectivity index (χ1) is 12.1. The van der Waals surface area contributed by atoms with E-state index in [0.29, 0.717) is 25.9 Å². The SMILES string of the molecule is Cl.Cl.NC1(C(=O)NCC(=O)N2CCN(Cc3ccccc3)CC2)CCCC1. The Morgan fingerprint density at radius 2 is 1.59 bits per heavy atom. The van der Waals surface area contributed by atoms with Crippen molar-refractivity contribution in [2.75, 3.05) is 32.7 Å². The minimum Gasteiger partial charge on any atom is -0.345 e. The number of nitrogens with two attached hydrogens (primary N) is 1. The first-order valence-corrected chi connectivity index (χ1v) is 9.18. The molecule has 2 fully saturated rings. The van der Waals surface area contributed by atoms with Gasteiger partial charge < -0.3 is 16.0 Å². The van der Waals surface area contributed by atoms with Gasteiger partial charge in [-0.15, -0.1) is 24.8 Å². The summed E-state index contributed by atoms with van der Waals surface area (Å²) >= 11 is 0. The molecule has 6 nitrogen and oxygen atoms in total. The van der Waals surface area contributed by atoms with E-state index in [4.69, 9.17) is 5.73 Å². The van der Waals surface area contributed by atoms with Gasteiger partial charge in [0, 0.05) is 32.7 Å². The predicted molar refractivity (Wildman–Crippen MR) is 111 cm³/mol. The molecule has 1 aromatic rings. The van der Waals surface area contributed by atoms with Gasteiger partial charge in [-0.25, -0.2) is 0 Å². The number of halogens is 2. The standard InChI is InChI=1S/C19H28N4O2.2ClH/c20-19(8-4-5-9-19)18(25)21-14-17(24)23-12-10-22(11-13-23)15-16-6-2-1-3-7-16;;/h1-3,6-7H,4-5,8-15,20H2,(H,21,25);2*1H. The second-order valence-corrected chi connectivity index (χ2v) is 7.19. The van der Waals surface area contributed by atoms with Crippen LogP contribution in [0.4, 0.5) is 0 Å². The Hall–Kier alpha value is -1.34. The Morgan fingerprint density at radius 3 is 2.19 bits per heavy atom. The fourth-order valence-corrected chi connectivity index (χ4v) is 3.67. The van der Waals surface area contributed by atoms with Crippen molar-refractivity contribution in [3.8, 4) is 0 Å². The van der Waals surface area contributed by atoms with Gasteiger partial charge in [-0.1, -0.05) is 43.2 Å². The van der Waals surface area contributed by atoms with Gasteiger partial charge >= 0.3 is 0 Å². The summed E-state index contributed by atoms with van der Waals surface area (Å²) in [6.07, 6.45) is 3.40. The van der Waals surface area contributed by atoms with Crippen molar-refractivity contribution in [1.82, 2.24) is 15.1 Å². The maximum absolute atomic E-state index is 12.3. The van der Waals surface area contributed by atoms with Crippen molar-refractivity contribution in [2.24, 2.45) is 5.73 Å². The Morgan fingerprint density at radius 1 is 1.00 bits per heavy atom. The highest BCUT2D eigenvalue weighted by Gasteiger charge is 2.37. The average molecular weight is 417 g/mol. The number of carbonyl (C=O) groups is 2. The molecular formula is C19H30Cl2N4O2. The quantitative estimate of drug-likeness (QED) is 0.763. The smallest absolute Gasteiger partial charge is 0.242 e. The zero-order valence-electron chi connectivity index (χ0n) is 15.6. The predicted octanol–water partition coefficient (Wildman–Crippen LogP) is 1.56. The van der Waals surface area contributed by atoms with Crippen molar-refractivity contribution >= 4 is 36.6 Å². The molecule has 2 amide bonds. The molecule has 8 heteroatoms. The van der Waals surface area contributed by atoms with E-state index in [1.54, 1.807) is 0 Å². The number of rotatable bonds is 5. The lowest BCUT2D eigenvalue weighted by Crippen LogP contribution is -2.55. The van der Waals surface area contributed by atoms with Crippen molar-refractivity contribution in [2.45, 2.75) is 37.8 Å². The molecule has 1 saturated carbocycles. The lowest BCUT2D eigenvalue weighted by Gasteiger charge is -2.35. The lowest BCUT2D eigenvalue weighted by molar-refractivity contribution is -0.135. The fraction of sp³-hybridized carbons (Fsp3) is 0.579. The highest BCUT2D eigenvalue weighted by atomic mass is 35.5. The molecule has 1 aromatic carbocycles. The van der Waals surface area contributed by atoms with Crippen LogP contribution in [0, 0.1) is 0 Å². The Balaban J connectivity index is 0.00000182. The Kier molecular flexibility index (Phi) is 9.53. The summed E-state index contributed by atoms with van der Waals surface area (Å²) in [5.41, 5.74) is 6.64. The average Bonchev–Trinajstić information content (AvgIpc) is 3.09. The van der Waals surface area contributed by atoms with Crippen LogP contribution in [-0.2, 0) is 16.1 Å². The minimum atomic E-state index is -0.769. The van der Waals surface area contributed by atoms with Crippen LogP contribution in [0.2, 0.25) is 0 Å². The second-order valence-electron chi connectivity index (χ2n) is 7.19. The summed E-state index contributed by atoms with van der Waals surface area (Å²) in [7, 11) is 0. The monoisotopic (exact) mass is 416 g/mol. The van der Waals surface area contributed by atoms with Gasteiger partial charge in [0.2, 0.25) is 11.8 Å². The molecule has 1 saturated heterocycles. The molecule has 3 rings (SSSR count). The number of piperazine rings is 1. The van der Waals surface area contributed by atoms with Gasteiger partial charge in [0.05, 0.1) is 12.1 Å². The summed E-state index contributed by atoms with van der Waals surface area (Å²) in [4.78, 5) is 28.7. The zero-order chi connectivity index (χ0) is 17.7. The van der Waals surface area contributed by atoms with E-state index < -0.39 is 5.54 Å². The number of nitrogens with zero attached hydrogens (tertiary/aromatic N) is 2. The van der Waals surface area contributed by atoms with E-state index >= 15 is 0 Å². The number of nitrogens with one attached hydrogen (secondary N) is 1. The summed E-state index contributed by atoms with van der Waals surface area (Å²) in [5.74, 6) is -0.199. The van der Waals surface area contributed by atoms with E-state index in [2.05, 4.69) is 22.3 Å². The lowest BCUT2D eigenvalue weighted by atomic mass is 9.98. The number of benzene rings is 1. The molecule has 0 unspecified atom stereocenters. The van der Waals surface area contributed by atoms with Crippen LogP contribution in [0.15, 0.2) is 30.3 Å². The number of amides is 2. The summed E-state index contributed by atoms with van der Waals surface area (Å²) in [6, 6.07) is 10.4. The molecule has 1 aliphatic carbocycles. The van der Waals surface area contributed by atoms with Crippen molar-refractivity contribution < 1.29 is 9.59 Å². The molecule has 27 heavy (non-hydrogen) atoms. The third-order valence-corrected chi connectivity index (χ3v) is 5.32. The molecule has 0 bridgehead atoms. The van der Waals surface area contributed by atoms with E-state index in [-0.39, 0.29) is 43.2 Å². The molecular weight excluding hydrogens is 387 g/mol. The van der Waals surface area contributed by atoms with Gasteiger partial charge in [0.15, 0.2) is 0 Å². The van der Waals surface area contributed by atoms with Crippen molar-refractivity contribution in [3.05, 3.63) is 35.9 Å². The van der Waals surface area contributed by atoms with Crippen LogP contribution in [-0.4, -0.2) is 59.9 Å². The highest BCUT2D eigenvalue weighted by Crippen LogP contribution is 2.27. The number of hydrogen-bond acceptors (Lipinski definition) is 4. The van der Waals surface area contributed by atoms with Crippen LogP contribution in [0.25, 0.3) is 0 Å². The maximum atomic E-state index is 12.3. The van der Waals surface area contributed by atoms with E-state index in [0.717, 1.165) is 32.5 Å². The minimum absolute atomic E-state index is 0. The molecule has 2 aliphatic rings. The summed E-state index contributed by atoms with van der Waals surface area (Å²) in [5, 5.41) is 2.74. The van der Waals surface area contributed by atoms with Gasteiger partial charge in [0.1, 0.15) is 0 Å². The van der Waals surface area contributed by atoms with Crippen molar-refractivity contribution in [1.29, 1.82) is 0 Å². The largest absolute Gasteiger partial charge is 0.345 e. The van der Waals surface area contributed by atoms with Crippen molar-refractivity contribution in [3.63, 3.8) is 0 Å². The van der Waals surface area contributed by atoms with E-state index in [1.807, 2.05) is 23.1 Å². The Bertz CT molecular complexity index is 601. The van der Waals surface area contributed by atoms with E-state index in [1.165, 1.54) is 5.56 Å². The highest BCUT2D eigenvalue weighted by molar-refractivity contribution is 5.90. The summed E-state index contributed by atoms with van der Waals surface area (Å²) in [6.45, 7) is 4.08. The van der Waals surface area contributed by atoms with Crippen LogP contribution in [0.5, 0.6) is 0 Å². The molecule has 152 valence electrons.